The number of nitrogens with one attached hydrogen (secondary N) is 1. The molecular formula is C21H26F2N8O. The molecule has 1 fully saturated rings. The quantitative estimate of drug-likeness (QED) is 0.441. The standard InChI is InChI=1S/C14H12F2N8.C7H14O/c1-18-12-10-7(2-4-23(10)22-14(17)21-12)9-3-5-24-13(20-9)8(6-19-24)11(15)16;1-7(8)5-3-2-4-6-7/h2-6,11H,1H3,(H3,17,18,21,22);8H,2-6H2,1H3. The molecule has 0 atom stereocenters. The molecular weight excluding hydrogens is 418 g/mol. The summed E-state index contributed by atoms with van der Waals surface area (Å²) in [7, 11) is 1.71. The lowest BCUT2D eigenvalue weighted by molar-refractivity contribution is 0.0225. The van der Waals surface area contributed by atoms with Crippen LogP contribution in [0.25, 0.3) is 22.4 Å². The first-order valence-corrected chi connectivity index (χ1v) is 10.5. The molecule has 0 spiro atoms. The Morgan fingerprint density at radius 1 is 1.12 bits per heavy atom. The molecule has 4 heterocycles. The van der Waals surface area contributed by atoms with Crippen LogP contribution in [0.1, 0.15) is 51.0 Å². The van der Waals surface area contributed by atoms with Crippen LogP contribution in [0.2, 0.25) is 0 Å². The summed E-state index contributed by atoms with van der Waals surface area (Å²) in [4.78, 5) is 8.49. The van der Waals surface area contributed by atoms with Crippen molar-refractivity contribution in [1.29, 1.82) is 0 Å². The predicted octanol–water partition coefficient (Wildman–Crippen LogP) is 3.70. The molecule has 0 aromatic carbocycles. The van der Waals surface area contributed by atoms with Gasteiger partial charge in [0.2, 0.25) is 5.95 Å². The fraction of sp³-hybridized carbons (Fsp3) is 0.429. The topological polar surface area (TPSA) is 119 Å². The number of aliphatic hydroxyl groups is 1. The molecule has 0 unspecified atom stereocenters. The molecule has 11 heteroatoms. The number of nitrogen functional groups attached to an aromatic ring is 1. The van der Waals surface area contributed by atoms with Gasteiger partial charge in [0.1, 0.15) is 5.52 Å². The van der Waals surface area contributed by atoms with Gasteiger partial charge in [-0.2, -0.15) is 10.1 Å². The monoisotopic (exact) mass is 444 g/mol. The van der Waals surface area contributed by atoms with Crippen molar-refractivity contribution in [3.05, 3.63) is 36.3 Å². The van der Waals surface area contributed by atoms with Crippen molar-refractivity contribution in [2.24, 2.45) is 0 Å². The highest BCUT2D eigenvalue weighted by atomic mass is 19.3. The number of hydrogen-bond donors (Lipinski definition) is 3. The third-order valence-corrected chi connectivity index (χ3v) is 5.60. The van der Waals surface area contributed by atoms with Gasteiger partial charge in [-0.1, -0.05) is 19.3 Å². The van der Waals surface area contributed by atoms with Crippen molar-refractivity contribution in [3.63, 3.8) is 0 Å². The lowest BCUT2D eigenvalue weighted by Gasteiger charge is -2.27. The first-order chi connectivity index (χ1) is 15.3. The largest absolute Gasteiger partial charge is 0.390 e. The molecule has 0 saturated heterocycles. The number of alkyl halides is 2. The zero-order valence-corrected chi connectivity index (χ0v) is 18.0. The van der Waals surface area contributed by atoms with E-state index in [9.17, 15) is 13.9 Å². The summed E-state index contributed by atoms with van der Waals surface area (Å²) >= 11 is 0. The molecule has 170 valence electrons. The van der Waals surface area contributed by atoms with Gasteiger partial charge in [0.15, 0.2) is 11.5 Å². The highest BCUT2D eigenvalue weighted by molar-refractivity contribution is 5.87. The van der Waals surface area contributed by atoms with E-state index in [4.69, 9.17) is 5.73 Å². The molecule has 4 aromatic rings. The van der Waals surface area contributed by atoms with Gasteiger partial charge in [-0.3, -0.25) is 0 Å². The maximum Gasteiger partial charge on any atom is 0.269 e. The minimum absolute atomic E-state index is 0.115. The molecule has 0 aliphatic heterocycles. The van der Waals surface area contributed by atoms with Gasteiger partial charge in [-0.05, 0) is 31.9 Å². The van der Waals surface area contributed by atoms with Crippen LogP contribution in [0.3, 0.4) is 0 Å². The SMILES string of the molecule is CC1(O)CCCCC1.CNc1nc(N)nn2ccc(-c3ccn4ncc(C(F)F)c4n3)c12. The first-order valence-electron chi connectivity index (χ1n) is 10.5. The Morgan fingerprint density at radius 3 is 2.47 bits per heavy atom. The van der Waals surface area contributed by atoms with E-state index in [1.54, 1.807) is 36.1 Å². The smallest absolute Gasteiger partial charge is 0.269 e. The zero-order chi connectivity index (χ0) is 22.9. The second-order valence-electron chi connectivity index (χ2n) is 8.13. The number of hydrogen-bond acceptors (Lipinski definition) is 7. The molecule has 4 aromatic heterocycles. The van der Waals surface area contributed by atoms with Crippen LogP contribution in [-0.2, 0) is 0 Å². The van der Waals surface area contributed by atoms with Gasteiger partial charge < -0.3 is 16.2 Å². The Balaban J connectivity index is 0.000000260. The summed E-state index contributed by atoms with van der Waals surface area (Å²) in [5.74, 6) is 0.639. The van der Waals surface area contributed by atoms with Crippen molar-refractivity contribution >= 4 is 22.9 Å². The third kappa shape index (κ3) is 4.33. The molecule has 1 saturated carbocycles. The van der Waals surface area contributed by atoms with Gasteiger partial charge in [0.05, 0.1) is 23.1 Å². The highest BCUT2D eigenvalue weighted by Gasteiger charge is 2.22. The summed E-state index contributed by atoms with van der Waals surface area (Å²) in [6, 6.07) is 3.47. The molecule has 1 aliphatic carbocycles. The Kier molecular flexibility index (Phi) is 5.92. The van der Waals surface area contributed by atoms with E-state index >= 15 is 0 Å². The summed E-state index contributed by atoms with van der Waals surface area (Å²) in [6.45, 7) is 1.94. The van der Waals surface area contributed by atoms with Crippen LogP contribution in [0.4, 0.5) is 20.5 Å². The van der Waals surface area contributed by atoms with Crippen molar-refractivity contribution in [2.45, 2.75) is 51.1 Å². The zero-order valence-electron chi connectivity index (χ0n) is 18.0. The van der Waals surface area contributed by atoms with Crippen molar-refractivity contribution in [2.75, 3.05) is 18.1 Å². The van der Waals surface area contributed by atoms with Crippen LogP contribution < -0.4 is 11.1 Å². The minimum atomic E-state index is -2.65. The van der Waals surface area contributed by atoms with Crippen LogP contribution in [-0.4, -0.2) is 47.0 Å². The van der Waals surface area contributed by atoms with E-state index in [1.165, 1.54) is 23.8 Å². The highest BCUT2D eigenvalue weighted by Crippen LogP contribution is 2.30. The van der Waals surface area contributed by atoms with E-state index < -0.39 is 6.43 Å². The van der Waals surface area contributed by atoms with E-state index in [1.807, 2.05) is 6.92 Å². The molecule has 32 heavy (non-hydrogen) atoms. The molecule has 0 bridgehead atoms. The van der Waals surface area contributed by atoms with Crippen molar-refractivity contribution in [3.8, 4) is 11.3 Å². The van der Waals surface area contributed by atoms with Gasteiger partial charge in [0, 0.05) is 25.0 Å². The average Bonchev–Trinajstić information content (AvgIpc) is 3.37. The number of nitrogens with two attached hydrogens (primary N) is 1. The lowest BCUT2D eigenvalue weighted by atomic mass is 9.87. The van der Waals surface area contributed by atoms with Crippen molar-refractivity contribution in [1.82, 2.24) is 29.2 Å². The summed E-state index contributed by atoms with van der Waals surface area (Å²) in [5.41, 5.74) is 7.11. The number of fused-ring (bicyclic) bond motifs is 2. The fourth-order valence-corrected chi connectivity index (χ4v) is 3.93. The maximum atomic E-state index is 13.1. The number of halogens is 2. The van der Waals surface area contributed by atoms with Crippen LogP contribution in [0.5, 0.6) is 0 Å². The normalized spacial score (nSPS) is 15.7. The van der Waals surface area contributed by atoms with E-state index in [2.05, 4.69) is 25.5 Å². The number of aromatic nitrogens is 6. The van der Waals surface area contributed by atoms with Gasteiger partial charge in [-0.25, -0.2) is 22.8 Å². The van der Waals surface area contributed by atoms with Crippen molar-refractivity contribution < 1.29 is 13.9 Å². The number of rotatable bonds is 3. The number of nitrogens with zero attached hydrogens (tertiary/aromatic N) is 6. The third-order valence-electron chi connectivity index (χ3n) is 5.60. The maximum absolute atomic E-state index is 13.1. The summed E-state index contributed by atoms with van der Waals surface area (Å²) in [5, 5.41) is 20.3. The van der Waals surface area contributed by atoms with Gasteiger partial charge >= 0.3 is 0 Å². The summed E-state index contributed by atoms with van der Waals surface area (Å²) < 4.78 is 29.0. The lowest BCUT2D eigenvalue weighted by Crippen LogP contribution is -2.26. The average molecular weight is 444 g/mol. The van der Waals surface area contributed by atoms with Gasteiger partial charge in [-0.15, -0.1) is 5.10 Å². The Labute approximate surface area is 183 Å². The minimum Gasteiger partial charge on any atom is -0.390 e. The number of anilines is 2. The second kappa shape index (κ2) is 8.65. The fourth-order valence-electron chi connectivity index (χ4n) is 3.93. The molecule has 1 aliphatic rings. The Hall–Kier alpha value is -3.34. The summed E-state index contributed by atoms with van der Waals surface area (Å²) in [6.07, 6.45) is 7.53. The predicted molar refractivity (Wildman–Crippen MR) is 118 cm³/mol. The van der Waals surface area contributed by atoms with E-state index in [0.717, 1.165) is 19.0 Å². The van der Waals surface area contributed by atoms with E-state index in [0.29, 0.717) is 22.6 Å². The van der Waals surface area contributed by atoms with Gasteiger partial charge in [0.25, 0.3) is 6.43 Å². The molecule has 0 amide bonds. The van der Waals surface area contributed by atoms with Crippen LogP contribution >= 0.6 is 0 Å². The Bertz CT molecular complexity index is 1230. The van der Waals surface area contributed by atoms with E-state index in [-0.39, 0.29) is 22.8 Å². The first kappa shape index (κ1) is 21.9. The Morgan fingerprint density at radius 2 is 1.84 bits per heavy atom. The van der Waals surface area contributed by atoms with Crippen LogP contribution in [0, 0.1) is 0 Å². The van der Waals surface area contributed by atoms with Crippen LogP contribution in [0.15, 0.2) is 30.7 Å². The molecule has 0 radical (unpaired) electrons. The molecule has 5 rings (SSSR count). The second-order valence-corrected chi connectivity index (χ2v) is 8.13. The molecule has 9 nitrogen and oxygen atoms in total. The molecule has 4 N–H and O–H groups in total.